The number of hydrogen-bond donors (Lipinski definition) is 0. The predicted molar refractivity (Wildman–Crippen MR) is 111 cm³/mol. The number of aromatic nitrogens is 4. The maximum Gasteiger partial charge on any atom is 0.347 e. The Morgan fingerprint density at radius 1 is 0.897 bits per heavy atom. The second-order valence-electron chi connectivity index (χ2n) is 5.61. The summed E-state index contributed by atoms with van der Waals surface area (Å²) in [6.45, 7) is 6.81. The number of hydrogen-bond acceptors (Lipinski definition) is 9. The van der Waals surface area contributed by atoms with Crippen molar-refractivity contribution in [3.63, 3.8) is 0 Å². The van der Waals surface area contributed by atoms with Crippen LogP contribution in [0.25, 0.3) is 11.0 Å². The molecule has 0 spiro atoms. The van der Waals surface area contributed by atoms with Crippen LogP contribution in [0.2, 0.25) is 10.3 Å². The van der Waals surface area contributed by atoms with Crippen LogP contribution in [0.1, 0.15) is 27.7 Å². The van der Waals surface area contributed by atoms with Gasteiger partial charge in [0, 0.05) is 0 Å². The van der Waals surface area contributed by atoms with E-state index in [1.165, 1.54) is 10.9 Å². The first-order valence-electron chi connectivity index (χ1n) is 9.06. The minimum absolute atomic E-state index is 0.0333. The number of nitrogens with zero attached hydrogens (tertiary/aromatic N) is 4. The molecule has 0 atom stereocenters. The summed E-state index contributed by atoms with van der Waals surface area (Å²) < 4.78 is 50.6. The Balaban J connectivity index is 2.63. The first-order chi connectivity index (χ1) is 13.8. The molecule has 2 heterocycles. The van der Waals surface area contributed by atoms with Crippen LogP contribution in [0.15, 0.2) is 6.33 Å². The van der Waals surface area contributed by atoms with Crippen molar-refractivity contribution in [2.24, 2.45) is 0 Å². The van der Waals surface area contributed by atoms with Gasteiger partial charge in [0.1, 0.15) is 11.0 Å². The van der Waals surface area contributed by atoms with Gasteiger partial charge in [-0.15, -0.1) is 10.2 Å². The van der Waals surface area contributed by atoms with E-state index in [0.717, 1.165) is 0 Å². The van der Waals surface area contributed by atoms with Gasteiger partial charge in [-0.25, -0.2) is 4.98 Å². The highest BCUT2D eigenvalue weighted by Gasteiger charge is 2.51. The Morgan fingerprint density at radius 3 is 1.79 bits per heavy atom. The van der Waals surface area contributed by atoms with Crippen LogP contribution in [0.4, 0.5) is 0 Å². The molecule has 0 N–H and O–H groups in total. The zero-order chi connectivity index (χ0) is 21.7. The molecule has 0 amide bonds. The fourth-order valence-electron chi connectivity index (χ4n) is 2.76. The average Bonchev–Trinajstić information content (AvgIpc) is 3.09. The van der Waals surface area contributed by atoms with Crippen LogP contribution in [0.3, 0.4) is 0 Å². The van der Waals surface area contributed by atoms with Gasteiger partial charge in [-0.1, -0.05) is 23.2 Å². The van der Waals surface area contributed by atoms with Gasteiger partial charge in [0.2, 0.25) is 0 Å². The van der Waals surface area contributed by atoms with Gasteiger partial charge in [-0.05, 0) is 27.7 Å². The number of halogens is 2. The van der Waals surface area contributed by atoms with Crippen LogP contribution < -0.4 is 0 Å². The molecule has 0 bridgehead atoms. The lowest BCUT2D eigenvalue weighted by Gasteiger charge is -2.31. The quantitative estimate of drug-likeness (QED) is 0.380. The SMILES string of the molecule is CCOP(=O)(OCC)C(Cn1cnc2c(Cl)nnc(Cl)c21)P(=O)(OCC)OCC. The Labute approximate surface area is 179 Å². The van der Waals surface area contributed by atoms with E-state index < -0.39 is 20.6 Å². The smallest absolute Gasteiger partial charge is 0.326 e. The van der Waals surface area contributed by atoms with Crippen LogP contribution in [-0.4, -0.2) is 51.6 Å². The molecule has 0 unspecified atom stereocenters. The van der Waals surface area contributed by atoms with Gasteiger partial charge >= 0.3 is 15.2 Å². The van der Waals surface area contributed by atoms with E-state index >= 15 is 0 Å². The van der Waals surface area contributed by atoms with E-state index in [0.29, 0.717) is 11.0 Å². The van der Waals surface area contributed by atoms with Gasteiger partial charge in [0.15, 0.2) is 15.7 Å². The van der Waals surface area contributed by atoms with E-state index in [4.69, 9.17) is 41.3 Å². The molecule has 2 aromatic heterocycles. The predicted octanol–water partition coefficient (Wildman–Crippen LogP) is 4.99. The number of imidazole rings is 1. The maximum atomic E-state index is 13.6. The molecular weight excluding hydrogens is 465 g/mol. The number of rotatable bonds is 12. The highest BCUT2D eigenvalue weighted by Crippen LogP contribution is 2.70. The highest BCUT2D eigenvalue weighted by molar-refractivity contribution is 7.72. The van der Waals surface area contributed by atoms with Crippen molar-refractivity contribution < 1.29 is 27.2 Å². The van der Waals surface area contributed by atoms with Crippen LogP contribution in [0, 0.1) is 0 Å². The molecule has 0 aromatic carbocycles. The summed E-state index contributed by atoms with van der Waals surface area (Å²) in [5, 5.41) is 6.31. The zero-order valence-electron chi connectivity index (χ0n) is 16.6. The molecule has 0 saturated heterocycles. The van der Waals surface area contributed by atoms with Crippen molar-refractivity contribution in [2.45, 2.75) is 39.6 Å². The standard InChI is InChI=1S/C15H24Cl2N4O6P2/c1-5-24-28(22,25-6-2)11(29(23,26-7-3)27-8-4)9-21-10-18-12-13(21)15(17)20-19-14(12)16/h10-11H,5-9H2,1-4H3. The Hall–Kier alpha value is -0.570. The molecule has 10 nitrogen and oxygen atoms in total. The largest absolute Gasteiger partial charge is 0.347 e. The zero-order valence-corrected chi connectivity index (χ0v) is 19.9. The molecule has 2 rings (SSSR count). The maximum absolute atomic E-state index is 13.6. The summed E-state index contributed by atoms with van der Waals surface area (Å²) >= 11 is 12.2. The van der Waals surface area contributed by atoms with Crippen LogP contribution >= 0.6 is 38.4 Å². The van der Waals surface area contributed by atoms with Crippen molar-refractivity contribution in [2.75, 3.05) is 26.4 Å². The molecular formula is C15H24Cl2N4O6P2. The van der Waals surface area contributed by atoms with Gasteiger partial charge in [-0.3, -0.25) is 9.13 Å². The fourth-order valence-corrected chi connectivity index (χ4v) is 8.38. The Kier molecular flexibility index (Phi) is 9.06. The molecule has 0 radical (unpaired) electrons. The lowest BCUT2D eigenvalue weighted by molar-refractivity contribution is 0.192. The minimum Gasteiger partial charge on any atom is -0.326 e. The van der Waals surface area contributed by atoms with Gasteiger partial charge in [0.05, 0.1) is 39.3 Å². The van der Waals surface area contributed by atoms with Crippen molar-refractivity contribution in [3.05, 3.63) is 16.6 Å². The first kappa shape index (κ1) is 24.7. The van der Waals surface area contributed by atoms with Crippen LogP contribution in [0.5, 0.6) is 0 Å². The third-order valence-electron chi connectivity index (χ3n) is 3.78. The van der Waals surface area contributed by atoms with E-state index in [9.17, 15) is 9.13 Å². The number of fused-ring (bicyclic) bond motifs is 1. The van der Waals surface area contributed by atoms with Gasteiger partial charge < -0.3 is 22.7 Å². The lowest BCUT2D eigenvalue weighted by Crippen LogP contribution is -2.23. The van der Waals surface area contributed by atoms with Crippen molar-refractivity contribution >= 4 is 49.4 Å². The van der Waals surface area contributed by atoms with Crippen molar-refractivity contribution in [1.29, 1.82) is 0 Å². The molecule has 0 aliphatic rings. The molecule has 2 aromatic rings. The molecule has 14 heteroatoms. The highest BCUT2D eigenvalue weighted by atomic mass is 35.5. The van der Waals surface area contributed by atoms with Gasteiger partial charge in [-0.2, -0.15) is 0 Å². The third kappa shape index (κ3) is 5.38. The molecule has 0 aliphatic heterocycles. The molecule has 164 valence electrons. The summed E-state index contributed by atoms with van der Waals surface area (Å²) in [5.41, 5.74) is 0.645. The van der Waals surface area contributed by atoms with Crippen molar-refractivity contribution in [1.82, 2.24) is 19.7 Å². The summed E-state index contributed by atoms with van der Waals surface area (Å²) in [6.07, 6.45) is 1.41. The van der Waals surface area contributed by atoms with E-state index in [1.54, 1.807) is 27.7 Å². The summed E-state index contributed by atoms with van der Waals surface area (Å²) in [7, 11) is -7.86. The topological polar surface area (TPSA) is 115 Å². The van der Waals surface area contributed by atoms with Crippen molar-refractivity contribution in [3.8, 4) is 0 Å². The van der Waals surface area contributed by atoms with E-state index in [2.05, 4.69) is 15.2 Å². The van der Waals surface area contributed by atoms with Gasteiger partial charge in [0.25, 0.3) is 0 Å². The second kappa shape index (κ2) is 10.6. The normalized spacial score (nSPS) is 12.9. The fraction of sp³-hybridized carbons (Fsp3) is 0.667. The monoisotopic (exact) mass is 488 g/mol. The van der Waals surface area contributed by atoms with Crippen LogP contribution in [-0.2, 0) is 33.8 Å². The second-order valence-corrected chi connectivity index (χ2v) is 11.2. The summed E-state index contributed by atoms with van der Waals surface area (Å²) in [5.74, 6) is 0. The Morgan fingerprint density at radius 2 is 1.34 bits per heavy atom. The molecule has 0 fully saturated rings. The minimum atomic E-state index is -3.93. The first-order valence-corrected chi connectivity index (χ1v) is 13.0. The molecule has 0 aliphatic carbocycles. The molecule has 0 saturated carbocycles. The van der Waals surface area contributed by atoms with E-state index in [1.807, 2.05) is 0 Å². The average molecular weight is 489 g/mol. The third-order valence-corrected chi connectivity index (χ3v) is 10.2. The summed E-state index contributed by atoms with van der Waals surface area (Å²) in [4.78, 5) is 4.18. The lowest BCUT2D eigenvalue weighted by atomic mass is 10.4. The van der Waals surface area contributed by atoms with E-state index in [-0.39, 0.29) is 43.3 Å². The summed E-state index contributed by atoms with van der Waals surface area (Å²) in [6, 6.07) is 0. The Bertz CT molecular complexity index is 878. The molecule has 29 heavy (non-hydrogen) atoms.